The number of rotatable bonds is 3. The van der Waals surface area contributed by atoms with Crippen molar-refractivity contribution in [2.75, 3.05) is 18.4 Å². The van der Waals surface area contributed by atoms with Gasteiger partial charge in [-0.15, -0.1) is 13.2 Å². The first-order chi connectivity index (χ1) is 10.2. The minimum atomic E-state index is -4.74. The highest BCUT2D eigenvalue weighted by Gasteiger charge is 2.31. The quantitative estimate of drug-likeness (QED) is 0.896. The zero-order valence-corrected chi connectivity index (χ0v) is 11.8. The van der Waals surface area contributed by atoms with E-state index in [2.05, 4.69) is 15.0 Å². The number of ether oxygens (including phenoxy) is 1. The van der Waals surface area contributed by atoms with Crippen LogP contribution >= 0.6 is 0 Å². The first-order valence-corrected chi connectivity index (χ1v) is 6.71. The van der Waals surface area contributed by atoms with E-state index in [0.29, 0.717) is 25.3 Å². The van der Waals surface area contributed by atoms with Crippen molar-refractivity contribution in [3.8, 4) is 5.75 Å². The fourth-order valence-corrected chi connectivity index (χ4v) is 2.38. The topological polar surface area (TPSA) is 74.7 Å². The third kappa shape index (κ3) is 4.40. The van der Waals surface area contributed by atoms with Crippen LogP contribution in [-0.4, -0.2) is 46.6 Å². The van der Waals surface area contributed by atoms with Gasteiger partial charge in [-0.2, -0.15) is 0 Å². The van der Waals surface area contributed by atoms with Gasteiger partial charge in [-0.1, -0.05) is 6.92 Å². The van der Waals surface area contributed by atoms with Gasteiger partial charge in [0.15, 0.2) is 0 Å². The summed E-state index contributed by atoms with van der Waals surface area (Å²) in [7, 11) is 0. The van der Waals surface area contributed by atoms with Crippen molar-refractivity contribution in [2.45, 2.75) is 25.7 Å². The molecule has 0 bridgehead atoms. The molecule has 9 heteroatoms. The van der Waals surface area contributed by atoms with Crippen LogP contribution in [0.2, 0.25) is 0 Å². The fourth-order valence-electron chi connectivity index (χ4n) is 2.38. The van der Waals surface area contributed by atoms with Crippen molar-refractivity contribution in [2.24, 2.45) is 5.92 Å². The van der Waals surface area contributed by atoms with Gasteiger partial charge in [0.05, 0.1) is 6.20 Å². The van der Waals surface area contributed by atoms with Gasteiger partial charge in [0.25, 0.3) is 0 Å². The first kappa shape index (κ1) is 16.2. The second kappa shape index (κ2) is 6.29. The van der Waals surface area contributed by atoms with E-state index < -0.39 is 12.5 Å². The maximum atomic E-state index is 12.0. The molecular formula is C13H16F3N3O3. The van der Waals surface area contributed by atoms with Crippen LogP contribution in [0, 0.1) is 5.92 Å². The number of amides is 1. The summed E-state index contributed by atoms with van der Waals surface area (Å²) in [6, 6.07) is 2.59. The van der Waals surface area contributed by atoms with Crippen molar-refractivity contribution in [3.05, 3.63) is 18.3 Å². The van der Waals surface area contributed by atoms with Crippen molar-refractivity contribution in [1.29, 1.82) is 0 Å². The predicted molar refractivity (Wildman–Crippen MR) is 71.7 cm³/mol. The predicted octanol–water partition coefficient (Wildman–Crippen LogP) is 2.78. The van der Waals surface area contributed by atoms with E-state index in [1.54, 1.807) is 0 Å². The van der Waals surface area contributed by atoms with Gasteiger partial charge in [0, 0.05) is 19.1 Å². The van der Waals surface area contributed by atoms with E-state index >= 15 is 0 Å². The van der Waals surface area contributed by atoms with Gasteiger partial charge in [-0.25, -0.2) is 9.78 Å². The number of nitrogens with zero attached hydrogens (tertiary/aromatic N) is 2. The van der Waals surface area contributed by atoms with Crippen LogP contribution in [0.5, 0.6) is 5.75 Å². The number of aromatic nitrogens is 1. The number of hydrogen-bond acceptors (Lipinski definition) is 4. The SMILES string of the molecule is C[C@H]1CN(C(=O)O)CC[C@H]1Nc1ccc(OC(F)(F)F)cn1. The maximum Gasteiger partial charge on any atom is 0.573 e. The molecule has 1 fully saturated rings. The van der Waals surface area contributed by atoms with Gasteiger partial charge in [0.2, 0.25) is 0 Å². The first-order valence-electron chi connectivity index (χ1n) is 6.71. The average Bonchev–Trinajstić information content (AvgIpc) is 2.41. The molecule has 2 atom stereocenters. The van der Waals surface area contributed by atoms with Gasteiger partial charge in [-0.3, -0.25) is 0 Å². The second-order valence-corrected chi connectivity index (χ2v) is 5.17. The number of carbonyl (C=O) groups is 1. The Morgan fingerprint density at radius 1 is 1.50 bits per heavy atom. The molecule has 2 heterocycles. The van der Waals surface area contributed by atoms with Gasteiger partial charge < -0.3 is 20.1 Å². The lowest BCUT2D eigenvalue weighted by molar-refractivity contribution is -0.274. The highest BCUT2D eigenvalue weighted by molar-refractivity contribution is 5.65. The largest absolute Gasteiger partial charge is 0.573 e. The Morgan fingerprint density at radius 3 is 2.73 bits per heavy atom. The lowest BCUT2D eigenvalue weighted by Gasteiger charge is -2.36. The Labute approximate surface area is 124 Å². The Bertz CT molecular complexity index is 522. The van der Waals surface area contributed by atoms with Crippen molar-refractivity contribution >= 4 is 11.9 Å². The second-order valence-electron chi connectivity index (χ2n) is 5.17. The lowest BCUT2D eigenvalue weighted by atomic mass is 9.94. The summed E-state index contributed by atoms with van der Waals surface area (Å²) < 4.78 is 39.9. The summed E-state index contributed by atoms with van der Waals surface area (Å²) in [5, 5.41) is 12.1. The van der Waals surface area contributed by atoms with Crippen molar-refractivity contribution < 1.29 is 27.8 Å². The number of alkyl halides is 3. The van der Waals surface area contributed by atoms with Gasteiger partial charge >= 0.3 is 12.5 Å². The molecule has 1 aromatic rings. The molecule has 1 saturated heterocycles. The molecule has 0 radical (unpaired) electrons. The smallest absolute Gasteiger partial charge is 0.465 e. The van der Waals surface area contributed by atoms with E-state index in [1.165, 1.54) is 17.0 Å². The highest BCUT2D eigenvalue weighted by Crippen LogP contribution is 2.24. The minimum Gasteiger partial charge on any atom is -0.465 e. The number of likely N-dealkylation sites (tertiary alicyclic amines) is 1. The zero-order chi connectivity index (χ0) is 16.3. The highest BCUT2D eigenvalue weighted by atomic mass is 19.4. The number of carboxylic acid groups (broad SMARTS) is 1. The molecule has 0 aliphatic carbocycles. The Balaban J connectivity index is 1.93. The third-order valence-corrected chi connectivity index (χ3v) is 3.48. The molecule has 2 N–H and O–H groups in total. The van der Waals surface area contributed by atoms with Crippen LogP contribution in [0.25, 0.3) is 0 Å². The van der Waals surface area contributed by atoms with Gasteiger partial charge in [-0.05, 0) is 24.5 Å². The van der Waals surface area contributed by atoms with Crippen LogP contribution in [0.3, 0.4) is 0 Å². The normalized spacial score (nSPS) is 22.3. The Hall–Kier alpha value is -2.19. The molecule has 122 valence electrons. The number of halogens is 3. The molecule has 0 unspecified atom stereocenters. The molecule has 1 amide bonds. The van der Waals surface area contributed by atoms with Gasteiger partial charge in [0.1, 0.15) is 11.6 Å². The number of nitrogens with one attached hydrogen (secondary N) is 1. The average molecular weight is 319 g/mol. The van der Waals surface area contributed by atoms with Crippen LogP contribution < -0.4 is 10.1 Å². The summed E-state index contributed by atoms with van der Waals surface area (Å²) in [6.07, 6.45) is -4.09. The Morgan fingerprint density at radius 2 is 2.23 bits per heavy atom. The summed E-state index contributed by atoms with van der Waals surface area (Å²) in [5.74, 6) is 0.111. The standard InChI is InChI=1S/C13H16F3N3O3/c1-8-7-19(12(20)21)5-4-10(8)18-11-3-2-9(6-17-11)22-13(14,15)16/h2-3,6,8,10H,4-5,7H2,1H3,(H,17,18)(H,20,21)/t8-,10+/m0/s1. The van der Waals surface area contributed by atoms with Crippen LogP contribution in [0.15, 0.2) is 18.3 Å². The number of hydrogen-bond donors (Lipinski definition) is 2. The molecule has 1 aliphatic heterocycles. The molecule has 1 aliphatic rings. The third-order valence-electron chi connectivity index (χ3n) is 3.48. The molecule has 22 heavy (non-hydrogen) atoms. The Kier molecular flexibility index (Phi) is 4.62. The summed E-state index contributed by atoms with van der Waals surface area (Å²) in [6.45, 7) is 2.72. The summed E-state index contributed by atoms with van der Waals surface area (Å²) >= 11 is 0. The number of anilines is 1. The van der Waals surface area contributed by atoms with Crippen molar-refractivity contribution in [3.63, 3.8) is 0 Å². The fraction of sp³-hybridized carbons (Fsp3) is 0.538. The van der Waals surface area contributed by atoms with Crippen LogP contribution in [-0.2, 0) is 0 Å². The molecule has 1 aromatic heterocycles. The van der Waals surface area contributed by atoms with E-state index in [4.69, 9.17) is 5.11 Å². The molecule has 0 aromatic carbocycles. The molecule has 6 nitrogen and oxygen atoms in total. The zero-order valence-electron chi connectivity index (χ0n) is 11.8. The van der Waals surface area contributed by atoms with E-state index in [-0.39, 0.29) is 17.7 Å². The van der Waals surface area contributed by atoms with E-state index in [0.717, 1.165) is 6.20 Å². The van der Waals surface area contributed by atoms with Crippen molar-refractivity contribution in [1.82, 2.24) is 9.88 Å². The number of piperidine rings is 1. The lowest BCUT2D eigenvalue weighted by Crippen LogP contribution is -2.47. The molecular weight excluding hydrogens is 303 g/mol. The van der Waals surface area contributed by atoms with E-state index in [9.17, 15) is 18.0 Å². The molecule has 0 spiro atoms. The summed E-state index contributed by atoms with van der Waals surface area (Å²) in [5.41, 5.74) is 0. The minimum absolute atomic E-state index is 0.0116. The monoisotopic (exact) mass is 319 g/mol. The van der Waals surface area contributed by atoms with E-state index in [1.807, 2.05) is 6.92 Å². The molecule has 2 rings (SSSR count). The number of pyridine rings is 1. The summed E-state index contributed by atoms with van der Waals surface area (Å²) in [4.78, 5) is 16.1. The molecule has 0 saturated carbocycles. The van der Waals surface area contributed by atoms with Crippen LogP contribution in [0.1, 0.15) is 13.3 Å². The van der Waals surface area contributed by atoms with Crippen LogP contribution in [0.4, 0.5) is 23.8 Å². The maximum absolute atomic E-state index is 12.0.